The fourth-order valence-electron chi connectivity index (χ4n) is 4.41. The van der Waals surface area contributed by atoms with Crippen molar-refractivity contribution in [3.05, 3.63) is 0 Å². The maximum absolute atomic E-state index is 12.7. The van der Waals surface area contributed by atoms with Crippen LogP contribution in [0.25, 0.3) is 0 Å². The first-order chi connectivity index (χ1) is 11.6. The Bertz CT molecular complexity index is 467. The van der Waals surface area contributed by atoms with Crippen molar-refractivity contribution in [3.8, 4) is 0 Å². The normalized spacial score (nSPS) is 32.9. The number of hydrogen-bond acceptors (Lipinski definition) is 6. The summed E-state index contributed by atoms with van der Waals surface area (Å²) in [6.45, 7) is 3.14. The molecule has 3 atom stereocenters. The van der Waals surface area contributed by atoms with Gasteiger partial charge in [0.05, 0.1) is 7.11 Å². The molecular weight excluding hydrogens is 310 g/mol. The van der Waals surface area contributed by atoms with Crippen molar-refractivity contribution in [2.45, 2.75) is 56.3 Å². The lowest BCUT2D eigenvalue weighted by molar-refractivity contribution is -0.141. The number of methoxy groups -OCH3 is 1. The first kappa shape index (κ1) is 17.6. The van der Waals surface area contributed by atoms with Gasteiger partial charge in [0.1, 0.15) is 6.04 Å². The highest BCUT2D eigenvalue weighted by Gasteiger charge is 2.47. The second-order valence-corrected chi connectivity index (χ2v) is 7.06. The SMILES string of the molecule is COC(=O)CC[C@H]1CNC(=O)[C@@H]2[C@@H](CCN2C2CCOCC2)N1C. The van der Waals surface area contributed by atoms with Gasteiger partial charge in [-0.2, -0.15) is 0 Å². The molecule has 0 bridgehead atoms. The Morgan fingerprint density at radius 2 is 2.08 bits per heavy atom. The third kappa shape index (κ3) is 3.58. The van der Waals surface area contributed by atoms with Crippen molar-refractivity contribution >= 4 is 11.9 Å². The number of carbonyl (C=O) groups excluding carboxylic acids is 2. The molecule has 0 saturated carbocycles. The number of hydrogen-bond donors (Lipinski definition) is 1. The summed E-state index contributed by atoms with van der Waals surface area (Å²) in [5.41, 5.74) is 0. The van der Waals surface area contributed by atoms with Crippen molar-refractivity contribution in [1.82, 2.24) is 15.1 Å². The molecule has 0 aromatic rings. The van der Waals surface area contributed by atoms with Crippen LogP contribution in [0.1, 0.15) is 32.1 Å². The molecule has 7 heteroatoms. The Hall–Kier alpha value is -1.18. The molecule has 0 aliphatic carbocycles. The Kier molecular flexibility index (Phi) is 5.73. The van der Waals surface area contributed by atoms with E-state index in [1.54, 1.807) is 0 Å². The van der Waals surface area contributed by atoms with Crippen molar-refractivity contribution in [1.29, 1.82) is 0 Å². The molecule has 1 amide bonds. The fraction of sp³-hybridized carbons (Fsp3) is 0.882. The number of fused-ring (bicyclic) bond motifs is 1. The smallest absolute Gasteiger partial charge is 0.305 e. The van der Waals surface area contributed by atoms with E-state index >= 15 is 0 Å². The van der Waals surface area contributed by atoms with Crippen LogP contribution in [0, 0.1) is 0 Å². The molecule has 3 aliphatic heterocycles. The average molecular weight is 339 g/mol. The van der Waals surface area contributed by atoms with Crippen molar-refractivity contribution < 1.29 is 19.1 Å². The average Bonchev–Trinajstić information content (AvgIpc) is 3.02. The van der Waals surface area contributed by atoms with Gasteiger partial charge < -0.3 is 14.8 Å². The monoisotopic (exact) mass is 339 g/mol. The van der Waals surface area contributed by atoms with Crippen molar-refractivity contribution in [2.75, 3.05) is 40.5 Å². The lowest BCUT2D eigenvalue weighted by Gasteiger charge is -2.37. The third-order valence-corrected chi connectivity index (χ3v) is 5.85. The second-order valence-electron chi connectivity index (χ2n) is 7.06. The lowest BCUT2D eigenvalue weighted by atomic mass is 10.0. The van der Waals surface area contributed by atoms with E-state index in [0.29, 0.717) is 25.4 Å². The van der Waals surface area contributed by atoms with E-state index in [9.17, 15) is 9.59 Å². The highest BCUT2D eigenvalue weighted by molar-refractivity contribution is 5.83. The van der Waals surface area contributed by atoms with Gasteiger partial charge in [0, 0.05) is 50.8 Å². The number of ether oxygens (including phenoxy) is 2. The molecule has 3 fully saturated rings. The van der Waals surface area contributed by atoms with E-state index < -0.39 is 0 Å². The second kappa shape index (κ2) is 7.80. The Morgan fingerprint density at radius 3 is 2.79 bits per heavy atom. The van der Waals surface area contributed by atoms with Gasteiger partial charge >= 0.3 is 5.97 Å². The predicted octanol–water partition coefficient (Wildman–Crippen LogP) is -0.00830. The van der Waals surface area contributed by atoms with Gasteiger partial charge in [0.15, 0.2) is 0 Å². The maximum atomic E-state index is 12.7. The molecule has 1 N–H and O–H groups in total. The zero-order valence-corrected chi connectivity index (χ0v) is 14.7. The van der Waals surface area contributed by atoms with E-state index in [1.807, 2.05) is 0 Å². The van der Waals surface area contributed by atoms with E-state index in [0.717, 1.165) is 39.0 Å². The van der Waals surface area contributed by atoms with Gasteiger partial charge in [-0.25, -0.2) is 0 Å². The van der Waals surface area contributed by atoms with Crippen LogP contribution in [0.3, 0.4) is 0 Å². The molecule has 7 nitrogen and oxygen atoms in total. The number of nitrogens with one attached hydrogen (secondary N) is 1. The minimum Gasteiger partial charge on any atom is -0.469 e. The minimum atomic E-state index is -0.189. The van der Waals surface area contributed by atoms with E-state index in [2.05, 4.69) is 22.2 Å². The van der Waals surface area contributed by atoms with Crippen molar-refractivity contribution in [3.63, 3.8) is 0 Å². The largest absolute Gasteiger partial charge is 0.469 e. The fourth-order valence-corrected chi connectivity index (χ4v) is 4.41. The van der Waals surface area contributed by atoms with Crippen LogP contribution in [0.5, 0.6) is 0 Å². The Balaban J connectivity index is 1.68. The van der Waals surface area contributed by atoms with Crippen molar-refractivity contribution in [2.24, 2.45) is 0 Å². The van der Waals surface area contributed by atoms with Crippen LogP contribution < -0.4 is 5.32 Å². The number of amides is 1. The molecule has 3 heterocycles. The van der Waals surface area contributed by atoms with Gasteiger partial charge in [0.25, 0.3) is 0 Å². The molecule has 3 aliphatic rings. The summed E-state index contributed by atoms with van der Waals surface area (Å²) in [7, 11) is 3.51. The highest BCUT2D eigenvalue weighted by Crippen LogP contribution is 2.31. The number of carbonyl (C=O) groups is 2. The maximum Gasteiger partial charge on any atom is 0.305 e. The summed E-state index contributed by atoms with van der Waals surface area (Å²) < 4.78 is 10.2. The summed E-state index contributed by atoms with van der Waals surface area (Å²) in [4.78, 5) is 28.9. The molecule has 0 spiro atoms. The van der Waals surface area contributed by atoms with Gasteiger partial charge in [-0.15, -0.1) is 0 Å². The zero-order chi connectivity index (χ0) is 17.1. The summed E-state index contributed by atoms with van der Waals surface area (Å²) in [5.74, 6) is -0.0535. The van der Waals surface area contributed by atoms with Crippen LogP contribution in [0.2, 0.25) is 0 Å². The zero-order valence-electron chi connectivity index (χ0n) is 14.7. The number of likely N-dealkylation sites (tertiary alicyclic amines) is 1. The molecular formula is C17H29N3O4. The third-order valence-electron chi connectivity index (χ3n) is 5.85. The standard InChI is InChI=1S/C17H29N3O4/c1-19-13(3-4-15(21)23-2)11-18-17(22)16-14(19)5-8-20(16)12-6-9-24-10-7-12/h12-14,16H,3-11H2,1-2H3,(H,18,22)/t13-,14+,16-/m0/s1. The van der Waals surface area contributed by atoms with Crippen LogP contribution in [0.15, 0.2) is 0 Å². The van der Waals surface area contributed by atoms with Crippen LogP contribution in [-0.2, 0) is 19.1 Å². The lowest BCUT2D eigenvalue weighted by Crippen LogP contribution is -2.53. The van der Waals surface area contributed by atoms with Crippen LogP contribution in [-0.4, -0.2) is 86.3 Å². The number of likely N-dealkylation sites (N-methyl/N-ethyl adjacent to an activating group) is 1. The molecule has 24 heavy (non-hydrogen) atoms. The number of nitrogens with zero attached hydrogens (tertiary/aromatic N) is 2. The van der Waals surface area contributed by atoms with Crippen LogP contribution in [0.4, 0.5) is 0 Å². The van der Waals surface area contributed by atoms with E-state index in [-0.39, 0.29) is 30.0 Å². The minimum absolute atomic E-state index is 0.0822. The summed E-state index contributed by atoms with van der Waals surface area (Å²) in [6.07, 6.45) is 4.12. The molecule has 3 saturated heterocycles. The molecule has 0 unspecified atom stereocenters. The molecule has 0 aromatic heterocycles. The summed E-state index contributed by atoms with van der Waals surface area (Å²) in [5, 5.41) is 3.10. The Labute approximate surface area is 143 Å². The van der Waals surface area contributed by atoms with Crippen LogP contribution >= 0.6 is 0 Å². The first-order valence-electron chi connectivity index (χ1n) is 9.01. The quantitative estimate of drug-likeness (QED) is 0.727. The summed E-state index contributed by atoms with van der Waals surface area (Å²) in [6, 6.07) is 0.761. The Morgan fingerprint density at radius 1 is 1.33 bits per heavy atom. The molecule has 136 valence electrons. The van der Waals surface area contributed by atoms with Gasteiger partial charge in [-0.1, -0.05) is 0 Å². The van der Waals surface area contributed by atoms with E-state index in [4.69, 9.17) is 9.47 Å². The first-order valence-corrected chi connectivity index (χ1v) is 9.01. The molecule has 0 aromatic carbocycles. The van der Waals surface area contributed by atoms with E-state index in [1.165, 1.54) is 7.11 Å². The number of rotatable bonds is 4. The highest BCUT2D eigenvalue weighted by atomic mass is 16.5. The number of esters is 1. The molecule has 0 radical (unpaired) electrons. The topological polar surface area (TPSA) is 71.1 Å². The van der Waals surface area contributed by atoms with Gasteiger partial charge in [0.2, 0.25) is 5.91 Å². The van der Waals surface area contributed by atoms with Gasteiger partial charge in [-0.3, -0.25) is 19.4 Å². The summed E-state index contributed by atoms with van der Waals surface area (Å²) >= 11 is 0. The molecule has 3 rings (SSSR count). The van der Waals surface area contributed by atoms with Gasteiger partial charge in [-0.05, 0) is 32.7 Å². The predicted molar refractivity (Wildman–Crippen MR) is 88.6 cm³/mol.